The Morgan fingerprint density at radius 3 is 1.93 bits per heavy atom. The van der Waals surface area contributed by atoms with Gasteiger partial charge in [0.25, 0.3) is 0 Å². The number of rotatable bonds is 6. The lowest BCUT2D eigenvalue weighted by Crippen LogP contribution is -2.42. The van der Waals surface area contributed by atoms with Crippen LogP contribution in [0.5, 0.6) is 0 Å². The van der Waals surface area contributed by atoms with Gasteiger partial charge in [0.15, 0.2) is 0 Å². The van der Waals surface area contributed by atoms with Crippen LogP contribution < -0.4 is 0 Å². The average molecular weight is 218 g/mol. The van der Waals surface area contributed by atoms with E-state index >= 15 is 0 Å². The van der Waals surface area contributed by atoms with E-state index in [-0.39, 0.29) is 0 Å². The van der Waals surface area contributed by atoms with Crippen LogP contribution >= 0.6 is 0 Å². The first-order valence-electron chi connectivity index (χ1n) is 5.42. The third-order valence-electron chi connectivity index (χ3n) is 3.27. The molecule has 0 unspecified atom stereocenters. The van der Waals surface area contributed by atoms with E-state index in [1.165, 1.54) is 32.1 Å². The first-order valence-corrected chi connectivity index (χ1v) is 7.35. The Morgan fingerprint density at radius 2 is 1.50 bits per heavy atom. The van der Waals surface area contributed by atoms with Gasteiger partial charge in [0.2, 0.25) is 0 Å². The molecule has 0 spiro atoms. The summed E-state index contributed by atoms with van der Waals surface area (Å²) in [5.74, 6) is 0.877. The van der Waals surface area contributed by atoms with E-state index in [9.17, 15) is 0 Å². The van der Waals surface area contributed by atoms with Crippen molar-refractivity contribution in [3.63, 3.8) is 0 Å². The molecule has 0 saturated heterocycles. The Hall–Kier alpha value is 0.0969. The summed E-state index contributed by atoms with van der Waals surface area (Å²) >= 11 is 0. The Balaban J connectivity index is 2.31. The summed E-state index contributed by atoms with van der Waals surface area (Å²) in [6, 6.07) is 0.959. The van der Waals surface area contributed by atoms with Gasteiger partial charge in [0.05, 0.1) is 0 Å². The van der Waals surface area contributed by atoms with Crippen molar-refractivity contribution < 1.29 is 13.3 Å². The summed E-state index contributed by atoms with van der Waals surface area (Å²) in [6.45, 7) is 0. The SMILES string of the molecule is CO[Si](CCC1CCCC1)(OC)OC. The van der Waals surface area contributed by atoms with E-state index in [1.807, 2.05) is 0 Å². The molecule has 1 fully saturated rings. The zero-order valence-corrected chi connectivity index (χ0v) is 10.5. The van der Waals surface area contributed by atoms with Crippen LogP contribution in [0.4, 0.5) is 0 Å². The van der Waals surface area contributed by atoms with Gasteiger partial charge in [0.1, 0.15) is 0 Å². The van der Waals surface area contributed by atoms with Crippen molar-refractivity contribution >= 4 is 8.80 Å². The topological polar surface area (TPSA) is 27.7 Å². The maximum atomic E-state index is 5.39. The summed E-state index contributed by atoms with van der Waals surface area (Å²) in [5.41, 5.74) is 0. The maximum Gasteiger partial charge on any atom is 0.500 e. The molecular formula is C10H22O3Si. The highest BCUT2D eigenvalue weighted by molar-refractivity contribution is 6.60. The van der Waals surface area contributed by atoms with E-state index in [1.54, 1.807) is 21.3 Å². The summed E-state index contributed by atoms with van der Waals surface area (Å²) in [4.78, 5) is 0. The summed E-state index contributed by atoms with van der Waals surface area (Å²) in [5, 5.41) is 0. The Morgan fingerprint density at radius 1 is 1.00 bits per heavy atom. The highest BCUT2D eigenvalue weighted by atomic mass is 28.4. The highest BCUT2D eigenvalue weighted by Crippen LogP contribution is 2.31. The number of hydrogen-bond acceptors (Lipinski definition) is 3. The average Bonchev–Trinajstić information content (AvgIpc) is 2.74. The second-order valence-corrected chi connectivity index (χ2v) is 7.08. The van der Waals surface area contributed by atoms with Crippen molar-refractivity contribution in [2.75, 3.05) is 21.3 Å². The second-order valence-electron chi connectivity index (χ2n) is 3.98. The third kappa shape index (κ3) is 3.05. The van der Waals surface area contributed by atoms with Crippen LogP contribution in [-0.2, 0) is 13.3 Å². The predicted molar refractivity (Wildman–Crippen MR) is 58.2 cm³/mol. The fraction of sp³-hybridized carbons (Fsp3) is 1.00. The smallest absolute Gasteiger partial charge is 0.377 e. The van der Waals surface area contributed by atoms with E-state index in [0.717, 1.165) is 12.0 Å². The lowest BCUT2D eigenvalue weighted by molar-refractivity contribution is 0.121. The molecule has 0 aromatic carbocycles. The predicted octanol–water partition coefficient (Wildman–Crippen LogP) is 2.44. The van der Waals surface area contributed by atoms with Crippen molar-refractivity contribution in [3.8, 4) is 0 Å². The van der Waals surface area contributed by atoms with Crippen molar-refractivity contribution in [2.24, 2.45) is 5.92 Å². The normalized spacial score (nSPS) is 19.1. The standard InChI is InChI=1S/C10H22O3Si/c1-11-14(12-2,13-3)9-8-10-6-4-5-7-10/h10H,4-9H2,1-3H3. The van der Waals surface area contributed by atoms with E-state index in [4.69, 9.17) is 13.3 Å². The van der Waals surface area contributed by atoms with Gasteiger partial charge in [-0.2, -0.15) is 0 Å². The molecule has 1 rings (SSSR count). The molecule has 84 valence electrons. The molecule has 0 radical (unpaired) electrons. The van der Waals surface area contributed by atoms with Gasteiger partial charge in [-0.1, -0.05) is 25.7 Å². The molecule has 0 bridgehead atoms. The first-order chi connectivity index (χ1) is 6.76. The minimum Gasteiger partial charge on any atom is -0.377 e. The minimum absolute atomic E-state index is 0.877. The molecule has 0 aromatic heterocycles. The Labute approximate surface area is 88.1 Å². The maximum absolute atomic E-state index is 5.39. The Bertz CT molecular complexity index is 145. The van der Waals surface area contributed by atoms with Crippen LogP contribution in [0.3, 0.4) is 0 Å². The van der Waals surface area contributed by atoms with Crippen LogP contribution in [0, 0.1) is 5.92 Å². The second kappa shape index (κ2) is 5.85. The molecule has 4 heteroatoms. The largest absolute Gasteiger partial charge is 0.500 e. The fourth-order valence-corrected chi connectivity index (χ4v) is 4.11. The first kappa shape index (κ1) is 12.2. The summed E-state index contributed by atoms with van der Waals surface area (Å²) < 4.78 is 16.2. The molecule has 1 aliphatic rings. The van der Waals surface area contributed by atoms with Crippen molar-refractivity contribution in [2.45, 2.75) is 38.1 Å². The van der Waals surface area contributed by atoms with E-state index in [2.05, 4.69) is 0 Å². The molecule has 0 amide bonds. The zero-order valence-electron chi connectivity index (χ0n) is 9.54. The minimum atomic E-state index is -2.28. The quantitative estimate of drug-likeness (QED) is 0.641. The summed E-state index contributed by atoms with van der Waals surface area (Å²) in [7, 11) is 2.78. The molecule has 0 aromatic rings. The molecule has 1 saturated carbocycles. The fourth-order valence-electron chi connectivity index (χ4n) is 2.24. The van der Waals surface area contributed by atoms with Gasteiger partial charge in [-0.05, 0) is 12.3 Å². The van der Waals surface area contributed by atoms with Crippen LogP contribution in [-0.4, -0.2) is 30.1 Å². The molecule has 0 N–H and O–H groups in total. The molecular weight excluding hydrogens is 196 g/mol. The van der Waals surface area contributed by atoms with Gasteiger partial charge >= 0.3 is 8.80 Å². The Kier molecular flexibility index (Phi) is 5.09. The lowest BCUT2D eigenvalue weighted by atomic mass is 10.1. The van der Waals surface area contributed by atoms with Crippen LogP contribution in [0.1, 0.15) is 32.1 Å². The number of hydrogen-bond donors (Lipinski definition) is 0. The molecule has 1 aliphatic carbocycles. The van der Waals surface area contributed by atoms with Gasteiger partial charge < -0.3 is 13.3 Å². The molecule has 3 nitrogen and oxygen atoms in total. The summed E-state index contributed by atoms with van der Waals surface area (Å²) in [6.07, 6.45) is 6.74. The van der Waals surface area contributed by atoms with Crippen LogP contribution in [0.15, 0.2) is 0 Å². The zero-order chi connectivity index (χ0) is 10.4. The van der Waals surface area contributed by atoms with Gasteiger partial charge in [-0.15, -0.1) is 0 Å². The molecule has 14 heavy (non-hydrogen) atoms. The monoisotopic (exact) mass is 218 g/mol. The van der Waals surface area contributed by atoms with Crippen molar-refractivity contribution in [1.29, 1.82) is 0 Å². The van der Waals surface area contributed by atoms with Crippen LogP contribution in [0.2, 0.25) is 6.04 Å². The van der Waals surface area contributed by atoms with Gasteiger partial charge in [0, 0.05) is 27.4 Å². The van der Waals surface area contributed by atoms with Crippen molar-refractivity contribution in [1.82, 2.24) is 0 Å². The van der Waals surface area contributed by atoms with E-state index < -0.39 is 8.80 Å². The van der Waals surface area contributed by atoms with Crippen molar-refractivity contribution in [3.05, 3.63) is 0 Å². The van der Waals surface area contributed by atoms with E-state index in [0.29, 0.717) is 0 Å². The van der Waals surface area contributed by atoms with Gasteiger partial charge in [-0.3, -0.25) is 0 Å². The highest BCUT2D eigenvalue weighted by Gasteiger charge is 2.38. The lowest BCUT2D eigenvalue weighted by Gasteiger charge is -2.25. The molecule has 0 atom stereocenters. The molecule has 0 heterocycles. The molecule has 0 aliphatic heterocycles. The third-order valence-corrected chi connectivity index (χ3v) is 6.03. The van der Waals surface area contributed by atoms with Gasteiger partial charge in [-0.25, -0.2) is 0 Å². The van der Waals surface area contributed by atoms with Crippen LogP contribution in [0.25, 0.3) is 0 Å².